The average molecular weight is 355 g/mol. The summed E-state index contributed by atoms with van der Waals surface area (Å²) in [7, 11) is 5.37. The van der Waals surface area contributed by atoms with Gasteiger partial charge in [0.05, 0.1) is 20.4 Å². The molecule has 0 spiro atoms. The minimum absolute atomic E-state index is 0.526. The van der Waals surface area contributed by atoms with Crippen molar-refractivity contribution < 1.29 is 9.47 Å². The first kappa shape index (κ1) is 17.4. The fraction of sp³-hybridized carbons (Fsp3) is 0.571. The number of nitrogens with zero attached hydrogens (tertiary/aromatic N) is 2. The standard InChI is InChI=1S/C21H29N3O2/c1-24-13-14(12-23-24)11-22-21-17-7-5-4-6-16(17)20(21)15-8-9-18(25-2)19(10-15)26-3/h8-10,12-13,16-17,20-22H,4-7,11H2,1-3H3/t16-,17-,20-,21-/m0/s1. The molecule has 2 fully saturated rings. The molecular weight excluding hydrogens is 326 g/mol. The van der Waals surface area contributed by atoms with Crippen LogP contribution in [0.25, 0.3) is 0 Å². The predicted molar refractivity (Wildman–Crippen MR) is 102 cm³/mol. The molecule has 2 aliphatic rings. The lowest BCUT2D eigenvalue weighted by Gasteiger charge is -2.55. The molecule has 0 radical (unpaired) electrons. The highest BCUT2D eigenvalue weighted by molar-refractivity contribution is 5.45. The Bertz CT molecular complexity index is 757. The van der Waals surface area contributed by atoms with Crippen LogP contribution in [0.1, 0.15) is 42.7 Å². The van der Waals surface area contributed by atoms with Crippen molar-refractivity contribution in [3.05, 3.63) is 41.7 Å². The van der Waals surface area contributed by atoms with E-state index in [4.69, 9.17) is 9.47 Å². The number of rotatable bonds is 6. The predicted octanol–water partition coefficient (Wildman–Crippen LogP) is 3.50. The van der Waals surface area contributed by atoms with E-state index in [1.54, 1.807) is 14.2 Å². The molecule has 0 bridgehead atoms. The van der Waals surface area contributed by atoms with Gasteiger partial charge in [0.15, 0.2) is 11.5 Å². The third-order valence-electron chi connectivity index (χ3n) is 6.28. The molecule has 1 aromatic carbocycles. The van der Waals surface area contributed by atoms with Crippen LogP contribution in [0.4, 0.5) is 0 Å². The quantitative estimate of drug-likeness (QED) is 0.862. The maximum atomic E-state index is 5.54. The molecule has 2 aliphatic carbocycles. The minimum atomic E-state index is 0.526. The summed E-state index contributed by atoms with van der Waals surface area (Å²) in [5.74, 6) is 3.76. The first-order valence-corrected chi connectivity index (χ1v) is 9.64. The number of fused-ring (bicyclic) bond motifs is 1. The Labute approximate surface area is 155 Å². The van der Waals surface area contributed by atoms with Gasteiger partial charge in [-0.25, -0.2) is 0 Å². The smallest absolute Gasteiger partial charge is 0.160 e. The molecule has 0 aliphatic heterocycles. The van der Waals surface area contributed by atoms with Crippen LogP contribution in [0.3, 0.4) is 0 Å². The second-order valence-electron chi connectivity index (χ2n) is 7.68. The fourth-order valence-electron chi connectivity index (χ4n) is 5.06. The summed E-state index contributed by atoms with van der Waals surface area (Å²) < 4.78 is 12.8. The van der Waals surface area contributed by atoms with Gasteiger partial charge in [0.2, 0.25) is 0 Å². The summed E-state index contributed by atoms with van der Waals surface area (Å²) in [5, 5.41) is 8.12. The molecule has 26 heavy (non-hydrogen) atoms. The van der Waals surface area contributed by atoms with Crippen LogP contribution in [0, 0.1) is 11.8 Å². The van der Waals surface area contributed by atoms with Crippen LogP contribution < -0.4 is 14.8 Å². The third-order valence-corrected chi connectivity index (χ3v) is 6.28. The lowest BCUT2D eigenvalue weighted by molar-refractivity contribution is 0.0253. The van der Waals surface area contributed by atoms with E-state index in [1.807, 2.05) is 24.0 Å². The summed E-state index contributed by atoms with van der Waals surface area (Å²) in [6.07, 6.45) is 9.46. The van der Waals surface area contributed by atoms with Gasteiger partial charge in [-0.15, -0.1) is 0 Å². The summed E-state index contributed by atoms with van der Waals surface area (Å²) in [5.41, 5.74) is 2.62. The van der Waals surface area contributed by atoms with Gasteiger partial charge in [-0.1, -0.05) is 18.9 Å². The van der Waals surface area contributed by atoms with Gasteiger partial charge in [-0.3, -0.25) is 4.68 Å². The SMILES string of the molecule is COc1ccc([C@H]2[C@H]3CCCC[C@@H]3[C@@H]2NCc2cnn(C)c2)cc1OC. The molecule has 5 heteroatoms. The van der Waals surface area contributed by atoms with Crippen molar-refractivity contribution in [2.45, 2.75) is 44.2 Å². The number of aryl methyl sites for hydroxylation is 1. The highest BCUT2D eigenvalue weighted by atomic mass is 16.5. The van der Waals surface area contributed by atoms with E-state index in [0.717, 1.165) is 29.9 Å². The van der Waals surface area contributed by atoms with Crippen LogP contribution in [-0.2, 0) is 13.6 Å². The molecule has 0 amide bonds. The molecule has 1 N–H and O–H groups in total. The summed E-state index contributed by atoms with van der Waals surface area (Å²) in [4.78, 5) is 0. The van der Waals surface area contributed by atoms with E-state index in [1.165, 1.54) is 36.8 Å². The molecule has 5 nitrogen and oxygen atoms in total. The van der Waals surface area contributed by atoms with E-state index in [9.17, 15) is 0 Å². The Hall–Kier alpha value is -2.01. The van der Waals surface area contributed by atoms with Crippen LogP contribution in [0.15, 0.2) is 30.6 Å². The highest BCUT2D eigenvalue weighted by Gasteiger charge is 2.51. The number of aromatic nitrogens is 2. The molecule has 1 heterocycles. The fourth-order valence-corrected chi connectivity index (χ4v) is 5.06. The Kier molecular flexibility index (Phi) is 4.90. The molecule has 2 aromatic rings. The molecule has 4 atom stereocenters. The zero-order valence-electron chi connectivity index (χ0n) is 15.9. The van der Waals surface area contributed by atoms with Gasteiger partial charge in [0.1, 0.15) is 0 Å². The summed E-state index contributed by atoms with van der Waals surface area (Å²) >= 11 is 0. The average Bonchev–Trinajstić information content (AvgIpc) is 3.07. The van der Waals surface area contributed by atoms with Crippen molar-refractivity contribution in [1.82, 2.24) is 15.1 Å². The van der Waals surface area contributed by atoms with Crippen LogP contribution >= 0.6 is 0 Å². The summed E-state index contributed by atoms with van der Waals surface area (Å²) in [6.45, 7) is 0.880. The van der Waals surface area contributed by atoms with E-state index < -0.39 is 0 Å². The normalized spacial score (nSPS) is 27.5. The van der Waals surface area contributed by atoms with E-state index in [2.05, 4.69) is 28.7 Å². The maximum Gasteiger partial charge on any atom is 0.160 e. The zero-order valence-corrected chi connectivity index (χ0v) is 15.9. The topological polar surface area (TPSA) is 48.3 Å². The third kappa shape index (κ3) is 3.09. The number of hydrogen-bond acceptors (Lipinski definition) is 4. The Balaban J connectivity index is 1.55. The second kappa shape index (κ2) is 7.31. The number of hydrogen-bond donors (Lipinski definition) is 1. The van der Waals surface area contributed by atoms with Gasteiger partial charge in [-0.2, -0.15) is 5.10 Å². The van der Waals surface area contributed by atoms with Crippen molar-refractivity contribution in [2.24, 2.45) is 18.9 Å². The summed E-state index contributed by atoms with van der Waals surface area (Å²) in [6, 6.07) is 6.96. The number of benzene rings is 1. The molecule has 140 valence electrons. The largest absolute Gasteiger partial charge is 0.493 e. The molecule has 0 unspecified atom stereocenters. The van der Waals surface area contributed by atoms with Crippen molar-refractivity contribution in [1.29, 1.82) is 0 Å². The van der Waals surface area contributed by atoms with Crippen LogP contribution in [-0.4, -0.2) is 30.0 Å². The maximum absolute atomic E-state index is 5.54. The van der Waals surface area contributed by atoms with E-state index in [-0.39, 0.29) is 0 Å². The zero-order chi connectivity index (χ0) is 18.1. The molecule has 0 saturated heterocycles. The highest BCUT2D eigenvalue weighted by Crippen LogP contribution is 2.55. The second-order valence-corrected chi connectivity index (χ2v) is 7.68. The number of ether oxygens (including phenoxy) is 2. The van der Waals surface area contributed by atoms with Crippen molar-refractivity contribution in [3.63, 3.8) is 0 Å². The Morgan fingerprint density at radius 3 is 2.58 bits per heavy atom. The van der Waals surface area contributed by atoms with Gasteiger partial charge in [0, 0.05) is 37.3 Å². The first-order chi connectivity index (χ1) is 12.7. The lowest BCUT2D eigenvalue weighted by atomic mass is 9.53. The van der Waals surface area contributed by atoms with Crippen molar-refractivity contribution >= 4 is 0 Å². The van der Waals surface area contributed by atoms with Gasteiger partial charge in [-0.05, 0) is 42.4 Å². The van der Waals surface area contributed by atoms with E-state index >= 15 is 0 Å². The minimum Gasteiger partial charge on any atom is -0.493 e. The van der Waals surface area contributed by atoms with Crippen molar-refractivity contribution in [3.8, 4) is 11.5 Å². The van der Waals surface area contributed by atoms with Crippen molar-refractivity contribution in [2.75, 3.05) is 14.2 Å². The Morgan fingerprint density at radius 2 is 1.88 bits per heavy atom. The first-order valence-electron chi connectivity index (χ1n) is 9.64. The molecule has 1 aromatic heterocycles. The van der Waals surface area contributed by atoms with E-state index in [0.29, 0.717) is 12.0 Å². The number of nitrogens with one attached hydrogen (secondary N) is 1. The van der Waals surface area contributed by atoms with Gasteiger partial charge in [0.25, 0.3) is 0 Å². The molecular formula is C21H29N3O2. The molecule has 2 saturated carbocycles. The van der Waals surface area contributed by atoms with Crippen LogP contribution in [0.2, 0.25) is 0 Å². The lowest BCUT2D eigenvalue weighted by Crippen LogP contribution is -2.57. The Morgan fingerprint density at radius 1 is 1.12 bits per heavy atom. The monoisotopic (exact) mass is 355 g/mol. The number of methoxy groups -OCH3 is 2. The van der Waals surface area contributed by atoms with Gasteiger partial charge >= 0.3 is 0 Å². The molecule has 4 rings (SSSR count). The van der Waals surface area contributed by atoms with Crippen LogP contribution in [0.5, 0.6) is 11.5 Å². The van der Waals surface area contributed by atoms with Gasteiger partial charge < -0.3 is 14.8 Å².